The molecule has 1 saturated carbocycles. The normalized spacial score (nSPS) is 15.3. The number of carbonyl (C=O) groups is 1. The van der Waals surface area contributed by atoms with Gasteiger partial charge in [0.1, 0.15) is 11.5 Å². The Morgan fingerprint density at radius 1 is 1.38 bits per heavy atom. The van der Waals surface area contributed by atoms with Crippen molar-refractivity contribution in [3.05, 3.63) is 29.5 Å². The van der Waals surface area contributed by atoms with E-state index in [4.69, 9.17) is 9.15 Å². The van der Waals surface area contributed by atoms with Crippen molar-refractivity contribution < 1.29 is 22.4 Å². The summed E-state index contributed by atoms with van der Waals surface area (Å²) in [6.07, 6.45) is 3.21. The van der Waals surface area contributed by atoms with Crippen LogP contribution in [0.4, 0.5) is 0 Å². The van der Waals surface area contributed by atoms with E-state index in [2.05, 4.69) is 0 Å². The molecule has 0 bridgehead atoms. The van der Waals surface area contributed by atoms with Crippen LogP contribution in [-0.2, 0) is 9.84 Å². The first kappa shape index (κ1) is 14.1. The molecular formula is C15H16O5S. The molecule has 112 valence electrons. The van der Waals surface area contributed by atoms with Crippen molar-refractivity contribution in [2.24, 2.45) is 0 Å². The van der Waals surface area contributed by atoms with E-state index in [9.17, 15) is 13.2 Å². The summed E-state index contributed by atoms with van der Waals surface area (Å²) in [5, 5.41) is 0.630. The molecule has 1 fully saturated rings. The van der Waals surface area contributed by atoms with Crippen molar-refractivity contribution >= 4 is 26.6 Å². The average molecular weight is 308 g/mol. The van der Waals surface area contributed by atoms with Crippen LogP contribution in [-0.4, -0.2) is 33.3 Å². The predicted molar refractivity (Wildman–Crippen MR) is 78.8 cm³/mol. The molecule has 1 aromatic carbocycles. The lowest BCUT2D eigenvalue weighted by Crippen LogP contribution is -2.14. The first-order chi connectivity index (χ1) is 9.89. The Balaban J connectivity index is 2.12. The molecule has 1 aromatic heterocycles. The van der Waals surface area contributed by atoms with Crippen molar-refractivity contribution in [3.8, 4) is 5.75 Å². The van der Waals surface area contributed by atoms with E-state index < -0.39 is 21.4 Å². The van der Waals surface area contributed by atoms with Crippen molar-refractivity contribution in [1.82, 2.24) is 0 Å². The van der Waals surface area contributed by atoms with Crippen LogP contribution in [0.5, 0.6) is 5.75 Å². The van der Waals surface area contributed by atoms with E-state index in [0.29, 0.717) is 28.2 Å². The number of Topliss-reactive ketones (excluding diaryl/α,β-unsaturated/α-hetero) is 1. The van der Waals surface area contributed by atoms with Gasteiger partial charge in [0.15, 0.2) is 27.0 Å². The van der Waals surface area contributed by atoms with Crippen molar-refractivity contribution in [1.29, 1.82) is 0 Å². The van der Waals surface area contributed by atoms with Gasteiger partial charge in [-0.1, -0.05) is 0 Å². The molecule has 1 aliphatic carbocycles. The maximum atomic E-state index is 12.2. The molecule has 0 N–H and O–H groups in total. The Bertz CT molecular complexity index is 812. The molecule has 0 amide bonds. The number of benzene rings is 1. The minimum absolute atomic E-state index is 0.367. The molecule has 5 nitrogen and oxygen atoms in total. The fraction of sp³-hybridized carbons (Fsp3) is 0.400. The Labute approximate surface area is 122 Å². The van der Waals surface area contributed by atoms with Gasteiger partial charge in [-0.3, -0.25) is 4.79 Å². The summed E-state index contributed by atoms with van der Waals surface area (Å²) in [5.74, 6) is 0.863. The number of rotatable bonds is 5. The van der Waals surface area contributed by atoms with Gasteiger partial charge in [0.25, 0.3) is 0 Å². The minimum atomic E-state index is -3.36. The van der Waals surface area contributed by atoms with Gasteiger partial charge < -0.3 is 9.15 Å². The van der Waals surface area contributed by atoms with E-state index in [1.54, 1.807) is 12.1 Å². The molecule has 0 aliphatic heterocycles. The standard InChI is InChI=1S/C15H16O5S/c1-19-13-6-5-10(12(16)8-21(2,17)18)11-7-14(9-3-4-9)20-15(11)13/h5-7,9H,3-4,8H2,1-2H3. The van der Waals surface area contributed by atoms with Gasteiger partial charge in [0, 0.05) is 23.1 Å². The molecule has 1 aliphatic rings. The lowest BCUT2D eigenvalue weighted by molar-refractivity contribution is 0.102. The molecule has 3 rings (SSSR count). The number of ether oxygens (including phenoxy) is 1. The van der Waals surface area contributed by atoms with E-state index in [1.807, 2.05) is 6.07 Å². The van der Waals surface area contributed by atoms with Crippen LogP contribution in [0.1, 0.15) is 34.9 Å². The zero-order chi connectivity index (χ0) is 15.2. The molecule has 1 heterocycles. The zero-order valence-corrected chi connectivity index (χ0v) is 12.7. The first-order valence-corrected chi connectivity index (χ1v) is 8.76. The summed E-state index contributed by atoms with van der Waals surface area (Å²) < 4.78 is 33.7. The van der Waals surface area contributed by atoms with Gasteiger partial charge in [0.2, 0.25) is 0 Å². The van der Waals surface area contributed by atoms with Crippen LogP contribution in [0.25, 0.3) is 11.0 Å². The van der Waals surface area contributed by atoms with Crippen molar-refractivity contribution in [2.45, 2.75) is 18.8 Å². The summed E-state index contributed by atoms with van der Waals surface area (Å²) in [6, 6.07) is 5.07. The van der Waals surface area contributed by atoms with Gasteiger partial charge >= 0.3 is 0 Å². The van der Waals surface area contributed by atoms with Crippen LogP contribution in [0, 0.1) is 0 Å². The lowest BCUT2D eigenvalue weighted by atomic mass is 10.1. The Hall–Kier alpha value is -1.82. The van der Waals surface area contributed by atoms with E-state index in [-0.39, 0.29) is 0 Å². The van der Waals surface area contributed by atoms with Crippen LogP contribution < -0.4 is 4.74 Å². The molecule has 0 spiro atoms. The average Bonchev–Trinajstić information content (AvgIpc) is 3.14. The van der Waals surface area contributed by atoms with Gasteiger partial charge in [-0.05, 0) is 31.0 Å². The fourth-order valence-electron chi connectivity index (χ4n) is 2.41. The molecule has 6 heteroatoms. The second kappa shape index (κ2) is 4.87. The topological polar surface area (TPSA) is 73.6 Å². The van der Waals surface area contributed by atoms with E-state index >= 15 is 0 Å². The minimum Gasteiger partial charge on any atom is -0.493 e. The largest absolute Gasteiger partial charge is 0.493 e. The smallest absolute Gasteiger partial charge is 0.178 e. The summed E-state index contributed by atoms with van der Waals surface area (Å²) in [5.41, 5.74) is 0.880. The van der Waals surface area contributed by atoms with Crippen LogP contribution in [0.2, 0.25) is 0 Å². The fourth-order valence-corrected chi connectivity index (χ4v) is 3.04. The molecule has 0 atom stereocenters. The summed E-state index contributed by atoms with van der Waals surface area (Å²) in [4.78, 5) is 12.2. The number of furan rings is 1. The third kappa shape index (κ3) is 2.81. The summed E-state index contributed by atoms with van der Waals surface area (Å²) in [7, 11) is -1.83. The van der Waals surface area contributed by atoms with Crippen LogP contribution >= 0.6 is 0 Å². The second-order valence-corrected chi connectivity index (χ2v) is 7.61. The molecule has 2 aromatic rings. The highest BCUT2D eigenvalue weighted by molar-refractivity contribution is 7.91. The zero-order valence-electron chi connectivity index (χ0n) is 11.9. The molecule has 0 saturated heterocycles. The number of ketones is 1. The molecule has 21 heavy (non-hydrogen) atoms. The van der Waals surface area contributed by atoms with Gasteiger partial charge in [0.05, 0.1) is 7.11 Å². The monoisotopic (exact) mass is 308 g/mol. The Morgan fingerprint density at radius 3 is 2.67 bits per heavy atom. The Kier molecular flexibility index (Phi) is 3.28. The summed E-state index contributed by atoms with van der Waals surface area (Å²) in [6.45, 7) is 0. The van der Waals surface area contributed by atoms with Crippen LogP contribution in [0.3, 0.4) is 0 Å². The number of fused-ring (bicyclic) bond motifs is 1. The molecular weight excluding hydrogens is 292 g/mol. The number of methoxy groups -OCH3 is 1. The molecule has 0 radical (unpaired) electrons. The SMILES string of the molecule is COc1ccc(C(=O)CS(C)(=O)=O)c2cc(C3CC3)oc12. The number of hydrogen-bond acceptors (Lipinski definition) is 5. The number of hydrogen-bond donors (Lipinski definition) is 0. The maximum Gasteiger partial charge on any atom is 0.178 e. The highest BCUT2D eigenvalue weighted by atomic mass is 32.2. The van der Waals surface area contributed by atoms with E-state index in [1.165, 1.54) is 7.11 Å². The second-order valence-electron chi connectivity index (χ2n) is 5.47. The van der Waals surface area contributed by atoms with Crippen molar-refractivity contribution in [2.75, 3.05) is 19.1 Å². The number of sulfone groups is 1. The van der Waals surface area contributed by atoms with Crippen molar-refractivity contribution in [3.63, 3.8) is 0 Å². The number of carbonyl (C=O) groups excluding carboxylic acids is 1. The van der Waals surface area contributed by atoms with Crippen LogP contribution in [0.15, 0.2) is 22.6 Å². The van der Waals surface area contributed by atoms with Gasteiger partial charge in [-0.15, -0.1) is 0 Å². The Morgan fingerprint density at radius 2 is 2.10 bits per heavy atom. The summed E-state index contributed by atoms with van der Waals surface area (Å²) >= 11 is 0. The van der Waals surface area contributed by atoms with Gasteiger partial charge in [-0.25, -0.2) is 8.42 Å². The lowest BCUT2D eigenvalue weighted by Gasteiger charge is -2.05. The predicted octanol–water partition coefficient (Wildman–Crippen LogP) is 2.55. The first-order valence-electron chi connectivity index (χ1n) is 6.70. The highest BCUT2D eigenvalue weighted by Gasteiger charge is 2.29. The third-order valence-corrected chi connectivity index (χ3v) is 4.35. The molecule has 0 unspecified atom stereocenters. The maximum absolute atomic E-state index is 12.2. The third-order valence-electron chi connectivity index (χ3n) is 3.56. The quantitative estimate of drug-likeness (QED) is 0.794. The van der Waals surface area contributed by atoms with Gasteiger partial charge in [-0.2, -0.15) is 0 Å². The van der Waals surface area contributed by atoms with E-state index in [0.717, 1.165) is 24.9 Å². The highest BCUT2D eigenvalue weighted by Crippen LogP contribution is 2.44.